The molecule has 0 bridgehead atoms. The predicted molar refractivity (Wildman–Crippen MR) is 104 cm³/mol. The van der Waals surface area contributed by atoms with E-state index < -0.39 is 23.7 Å². The number of alkyl halides is 3. The number of hydrogen-bond donors (Lipinski definition) is 0. The summed E-state index contributed by atoms with van der Waals surface area (Å²) in [6.45, 7) is 5.41. The summed E-state index contributed by atoms with van der Waals surface area (Å²) in [5.74, 6) is -0.294. The van der Waals surface area contributed by atoms with E-state index in [0.717, 1.165) is 12.1 Å². The predicted octanol–water partition coefficient (Wildman–Crippen LogP) is 5.92. The van der Waals surface area contributed by atoms with Crippen LogP contribution in [0.5, 0.6) is 5.75 Å². The van der Waals surface area contributed by atoms with E-state index in [1.165, 1.54) is 19.2 Å². The molecule has 2 atom stereocenters. The highest BCUT2D eigenvalue weighted by atomic mass is 19.4. The molecule has 30 heavy (non-hydrogen) atoms. The van der Waals surface area contributed by atoms with Crippen molar-refractivity contribution in [2.24, 2.45) is 0 Å². The fourth-order valence-electron chi connectivity index (χ4n) is 3.60. The third-order valence-electron chi connectivity index (χ3n) is 5.43. The maximum absolute atomic E-state index is 14.5. The number of hydrogen-bond acceptors (Lipinski definition) is 4. The number of ether oxygens (including phenoxy) is 2. The smallest absolute Gasteiger partial charge is 0.416 e. The lowest BCUT2D eigenvalue weighted by molar-refractivity contribution is -0.304. The molecule has 0 aliphatic carbocycles. The first-order chi connectivity index (χ1) is 14.0. The summed E-state index contributed by atoms with van der Waals surface area (Å²) in [6.07, 6.45) is -5.19. The fraction of sp³-hybridized carbons (Fsp3) is 0.455. The molecule has 164 valence electrons. The molecule has 0 aromatic heterocycles. The van der Waals surface area contributed by atoms with Crippen LogP contribution in [-0.2, 0) is 15.8 Å². The Morgan fingerprint density at radius 1 is 1.13 bits per heavy atom. The second kappa shape index (κ2) is 8.53. The first-order valence-corrected chi connectivity index (χ1v) is 9.60. The van der Waals surface area contributed by atoms with E-state index in [4.69, 9.17) is 14.3 Å². The topological polar surface area (TPSA) is 30.9 Å². The van der Waals surface area contributed by atoms with Crippen molar-refractivity contribution in [1.82, 2.24) is 5.06 Å². The highest BCUT2D eigenvalue weighted by molar-refractivity contribution is 5.75. The molecule has 0 radical (unpaired) electrons. The van der Waals surface area contributed by atoms with Gasteiger partial charge in [0.05, 0.1) is 18.7 Å². The summed E-state index contributed by atoms with van der Waals surface area (Å²) < 4.78 is 65.9. The monoisotopic (exact) mass is 427 g/mol. The summed E-state index contributed by atoms with van der Waals surface area (Å²) in [4.78, 5) is 5.31. The van der Waals surface area contributed by atoms with Crippen LogP contribution in [0.2, 0.25) is 0 Å². The average Bonchev–Trinajstić information content (AvgIpc) is 2.68. The number of halogens is 4. The quantitative estimate of drug-likeness (QED) is 0.567. The van der Waals surface area contributed by atoms with E-state index in [2.05, 4.69) is 0 Å². The molecule has 0 amide bonds. The second-order valence-electron chi connectivity index (χ2n) is 7.65. The minimum absolute atomic E-state index is 0.0843. The van der Waals surface area contributed by atoms with Gasteiger partial charge in [0.2, 0.25) is 0 Å². The lowest BCUT2D eigenvalue weighted by Crippen LogP contribution is -2.41. The van der Waals surface area contributed by atoms with Gasteiger partial charge < -0.3 is 9.47 Å². The number of hydroxylamine groups is 2. The van der Waals surface area contributed by atoms with Crippen LogP contribution in [0.1, 0.15) is 49.5 Å². The zero-order valence-corrected chi connectivity index (χ0v) is 17.5. The summed E-state index contributed by atoms with van der Waals surface area (Å²) in [6, 6.07) is 6.06. The molecule has 2 aromatic carbocycles. The highest BCUT2D eigenvalue weighted by Crippen LogP contribution is 2.43. The third-order valence-corrected chi connectivity index (χ3v) is 5.43. The van der Waals surface area contributed by atoms with Crippen molar-refractivity contribution >= 4 is 0 Å². The van der Waals surface area contributed by atoms with E-state index in [0.29, 0.717) is 22.3 Å². The van der Waals surface area contributed by atoms with Crippen LogP contribution in [-0.4, -0.2) is 32.1 Å². The van der Waals surface area contributed by atoms with Gasteiger partial charge >= 0.3 is 6.18 Å². The summed E-state index contributed by atoms with van der Waals surface area (Å²) >= 11 is 0. The van der Waals surface area contributed by atoms with Crippen LogP contribution in [0, 0.1) is 5.82 Å². The molecule has 1 saturated heterocycles. The largest absolute Gasteiger partial charge is 0.496 e. The molecule has 4 nitrogen and oxygen atoms in total. The Balaban J connectivity index is 2.26. The molecule has 0 saturated carbocycles. The van der Waals surface area contributed by atoms with Crippen molar-refractivity contribution in [2.45, 2.75) is 45.0 Å². The zero-order valence-electron chi connectivity index (χ0n) is 17.5. The van der Waals surface area contributed by atoms with Crippen molar-refractivity contribution in [3.8, 4) is 16.9 Å². The Bertz CT molecular complexity index is 914. The highest BCUT2D eigenvalue weighted by Gasteiger charge is 2.36. The van der Waals surface area contributed by atoms with Crippen molar-refractivity contribution in [1.29, 1.82) is 0 Å². The summed E-state index contributed by atoms with van der Waals surface area (Å²) in [5.41, 5.74) is 1.02. The van der Waals surface area contributed by atoms with Gasteiger partial charge in [0.15, 0.2) is 6.79 Å². The maximum atomic E-state index is 14.5. The van der Waals surface area contributed by atoms with E-state index >= 15 is 0 Å². The lowest BCUT2D eigenvalue weighted by atomic mass is 9.88. The van der Waals surface area contributed by atoms with Gasteiger partial charge in [-0.25, -0.2) is 4.39 Å². The molecular formula is C22H25F4NO3. The van der Waals surface area contributed by atoms with Gasteiger partial charge in [0.1, 0.15) is 17.7 Å². The van der Waals surface area contributed by atoms with Gasteiger partial charge in [-0.05, 0) is 47.7 Å². The Hall–Kier alpha value is -2.16. The fourth-order valence-corrected chi connectivity index (χ4v) is 3.60. The Morgan fingerprint density at radius 2 is 1.83 bits per heavy atom. The third kappa shape index (κ3) is 4.31. The number of rotatable bonds is 4. The average molecular weight is 427 g/mol. The SMILES string of the molecule is COc1cc(F)c(C(C)C)cc1-c1ccc(C(F)(F)F)cc1[C@H]1OCON(C)[C@@H]1C. The van der Waals surface area contributed by atoms with Crippen LogP contribution in [0.25, 0.3) is 11.1 Å². The van der Waals surface area contributed by atoms with Crippen LogP contribution < -0.4 is 4.74 Å². The molecule has 1 heterocycles. The van der Waals surface area contributed by atoms with Gasteiger partial charge in [-0.15, -0.1) is 0 Å². The number of benzene rings is 2. The summed E-state index contributed by atoms with van der Waals surface area (Å²) in [5, 5.41) is 1.56. The van der Waals surface area contributed by atoms with Crippen molar-refractivity contribution in [3.05, 3.63) is 52.8 Å². The molecule has 2 aromatic rings. The van der Waals surface area contributed by atoms with Gasteiger partial charge in [0.25, 0.3) is 0 Å². The van der Waals surface area contributed by atoms with Gasteiger partial charge in [-0.1, -0.05) is 19.9 Å². The van der Waals surface area contributed by atoms with E-state index in [9.17, 15) is 17.6 Å². The van der Waals surface area contributed by atoms with Crippen molar-refractivity contribution in [2.75, 3.05) is 21.0 Å². The van der Waals surface area contributed by atoms with Crippen LogP contribution in [0.4, 0.5) is 17.6 Å². The molecule has 1 aliphatic rings. The molecule has 8 heteroatoms. The lowest BCUT2D eigenvalue weighted by Gasteiger charge is -2.37. The Kier molecular flexibility index (Phi) is 6.40. The molecular weight excluding hydrogens is 402 g/mol. The maximum Gasteiger partial charge on any atom is 0.416 e. The second-order valence-corrected chi connectivity index (χ2v) is 7.65. The van der Waals surface area contributed by atoms with Crippen LogP contribution in [0.3, 0.4) is 0 Å². The summed E-state index contributed by atoms with van der Waals surface area (Å²) in [7, 11) is 3.10. The van der Waals surface area contributed by atoms with E-state index in [-0.39, 0.29) is 24.5 Å². The minimum atomic E-state index is -4.51. The van der Waals surface area contributed by atoms with Crippen molar-refractivity contribution in [3.63, 3.8) is 0 Å². The van der Waals surface area contributed by atoms with Gasteiger partial charge in [-0.3, -0.25) is 4.84 Å². The van der Waals surface area contributed by atoms with Crippen LogP contribution in [0.15, 0.2) is 30.3 Å². The zero-order chi connectivity index (χ0) is 22.2. The number of nitrogens with zero attached hydrogens (tertiary/aromatic N) is 1. The standard InChI is InChI=1S/C22H25F4NO3/c1-12(2)16-9-17(20(28-5)10-19(16)23)15-7-6-14(22(24,25)26)8-18(15)21-13(3)27(4)30-11-29-21/h6-10,12-13,21H,11H2,1-5H3/t13-,21+/m1/s1. The Morgan fingerprint density at radius 3 is 2.43 bits per heavy atom. The molecule has 0 spiro atoms. The van der Waals surface area contributed by atoms with E-state index in [1.54, 1.807) is 25.1 Å². The molecule has 1 fully saturated rings. The van der Waals surface area contributed by atoms with Gasteiger partial charge in [-0.2, -0.15) is 18.2 Å². The molecule has 0 unspecified atom stereocenters. The Labute approximate surface area is 173 Å². The number of methoxy groups -OCH3 is 1. The van der Waals surface area contributed by atoms with Crippen LogP contribution >= 0.6 is 0 Å². The molecule has 1 aliphatic heterocycles. The normalized spacial score (nSPS) is 20.6. The van der Waals surface area contributed by atoms with E-state index in [1.807, 2.05) is 13.8 Å². The molecule has 3 rings (SSSR count). The van der Waals surface area contributed by atoms with Crippen molar-refractivity contribution < 1.29 is 31.9 Å². The number of likely N-dealkylation sites (N-methyl/N-ethyl adjacent to an activating group) is 1. The first kappa shape index (κ1) is 22.5. The van der Waals surface area contributed by atoms with Gasteiger partial charge in [0, 0.05) is 18.7 Å². The molecule has 0 N–H and O–H groups in total. The first-order valence-electron chi connectivity index (χ1n) is 9.60. The minimum Gasteiger partial charge on any atom is -0.496 e.